The zero-order valence-corrected chi connectivity index (χ0v) is 11.5. The quantitative estimate of drug-likeness (QED) is 0.849. The van der Waals surface area contributed by atoms with Crippen molar-refractivity contribution in [2.75, 3.05) is 13.1 Å². The smallest absolute Gasteiger partial charge is 0.261 e. The van der Waals surface area contributed by atoms with E-state index in [1.165, 1.54) is 11.3 Å². The number of thiophene rings is 1. The molecule has 0 aliphatic carbocycles. The van der Waals surface area contributed by atoms with Crippen molar-refractivity contribution in [3.8, 4) is 0 Å². The minimum atomic E-state index is -0.139. The van der Waals surface area contributed by atoms with Gasteiger partial charge in [-0.2, -0.15) is 0 Å². The summed E-state index contributed by atoms with van der Waals surface area (Å²) in [5.41, 5.74) is 0. The molecule has 2 rings (SSSR count). The second-order valence-electron chi connectivity index (χ2n) is 4.57. The third kappa shape index (κ3) is 3.41. The van der Waals surface area contributed by atoms with Gasteiger partial charge in [0.05, 0.1) is 9.75 Å². The van der Waals surface area contributed by atoms with Gasteiger partial charge in [0.15, 0.2) is 6.29 Å². The molecule has 19 heavy (non-hydrogen) atoms. The van der Waals surface area contributed by atoms with Crippen LogP contribution in [0.3, 0.4) is 0 Å². The number of carbonyl (C=O) groups excluding carboxylic acids is 3. The summed E-state index contributed by atoms with van der Waals surface area (Å²) in [5, 5.41) is 2.95. The molecule has 0 atom stereocenters. The van der Waals surface area contributed by atoms with E-state index in [2.05, 4.69) is 5.32 Å². The van der Waals surface area contributed by atoms with Gasteiger partial charge in [-0.1, -0.05) is 0 Å². The fraction of sp³-hybridized carbons (Fsp3) is 0.462. The fourth-order valence-electron chi connectivity index (χ4n) is 2.13. The van der Waals surface area contributed by atoms with Crippen LogP contribution in [0.4, 0.5) is 0 Å². The third-order valence-corrected chi connectivity index (χ3v) is 4.25. The summed E-state index contributed by atoms with van der Waals surface area (Å²) in [6.07, 6.45) is 2.29. The summed E-state index contributed by atoms with van der Waals surface area (Å²) >= 11 is 1.19. The number of aldehydes is 1. The largest absolute Gasteiger partial charge is 0.348 e. The molecule has 1 N–H and O–H groups in total. The molecule has 0 radical (unpaired) electrons. The molecule has 1 saturated heterocycles. The standard InChI is InChI=1S/C13H16N2O3S/c1-9(17)15-6-4-10(5-7-15)14-13(18)12-3-2-11(8-16)19-12/h2-3,8,10H,4-7H2,1H3,(H,14,18). The molecule has 1 fully saturated rings. The Hall–Kier alpha value is -1.69. The lowest BCUT2D eigenvalue weighted by Gasteiger charge is -2.31. The first-order valence-electron chi connectivity index (χ1n) is 6.21. The van der Waals surface area contributed by atoms with Crippen LogP contribution in [-0.2, 0) is 4.79 Å². The maximum absolute atomic E-state index is 12.0. The maximum Gasteiger partial charge on any atom is 0.261 e. The van der Waals surface area contributed by atoms with Gasteiger partial charge < -0.3 is 10.2 Å². The van der Waals surface area contributed by atoms with Crippen molar-refractivity contribution in [1.82, 2.24) is 10.2 Å². The second kappa shape index (κ2) is 5.97. The SMILES string of the molecule is CC(=O)N1CCC(NC(=O)c2ccc(C=O)s2)CC1. The topological polar surface area (TPSA) is 66.5 Å². The zero-order valence-electron chi connectivity index (χ0n) is 10.7. The van der Waals surface area contributed by atoms with Gasteiger partial charge in [0.25, 0.3) is 5.91 Å². The number of nitrogens with zero attached hydrogens (tertiary/aromatic N) is 1. The van der Waals surface area contributed by atoms with Crippen LogP contribution in [0.2, 0.25) is 0 Å². The van der Waals surface area contributed by atoms with Crippen LogP contribution in [-0.4, -0.2) is 42.1 Å². The maximum atomic E-state index is 12.0. The predicted octanol–water partition coefficient (Wildman–Crippen LogP) is 1.30. The summed E-state index contributed by atoms with van der Waals surface area (Å²) in [5.74, 6) is -0.0574. The number of hydrogen-bond donors (Lipinski definition) is 1. The monoisotopic (exact) mass is 280 g/mol. The van der Waals surface area contributed by atoms with Gasteiger partial charge in [-0.15, -0.1) is 11.3 Å². The van der Waals surface area contributed by atoms with Crippen molar-refractivity contribution in [3.05, 3.63) is 21.9 Å². The predicted molar refractivity (Wildman–Crippen MR) is 72.4 cm³/mol. The zero-order chi connectivity index (χ0) is 13.8. The van der Waals surface area contributed by atoms with Crippen molar-refractivity contribution < 1.29 is 14.4 Å². The van der Waals surface area contributed by atoms with Crippen LogP contribution in [0.25, 0.3) is 0 Å². The molecule has 0 spiro atoms. The van der Waals surface area contributed by atoms with E-state index < -0.39 is 0 Å². The third-order valence-electron chi connectivity index (χ3n) is 3.24. The molecule has 1 aliphatic rings. The van der Waals surface area contributed by atoms with Crippen LogP contribution >= 0.6 is 11.3 Å². The molecular formula is C13H16N2O3S. The highest BCUT2D eigenvalue weighted by molar-refractivity contribution is 7.15. The fourth-order valence-corrected chi connectivity index (χ4v) is 2.86. The van der Waals surface area contributed by atoms with Crippen molar-refractivity contribution in [3.63, 3.8) is 0 Å². The first kappa shape index (κ1) is 13.7. The lowest BCUT2D eigenvalue weighted by molar-refractivity contribution is -0.129. The summed E-state index contributed by atoms with van der Waals surface area (Å²) < 4.78 is 0. The molecule has 1 aromatic heterocycles. The van der Waals surface area contributed by atoms with Gasteiger partial charge in [0.2, 0.25) is 5.91 Å². The summed E-state index contributed by atoms with van der Waals surface area (Å²) in [7, 11) is 0. The van der Waals surface area contributed by atoms with Crippen molar-refractivity contribution in [2.45, 2.75) is 25.8 Å². The van der Waals surface area contributed by atoms with Crippen LogP contribution in [0.15, 0.2) is 12.1 Å². The van der Waals surface area contributed by atoms with Gasteiger partial charge in [-0.25, -0.2) is 0 Å². The number of piperidine rings is 1. The number of hydrogen-bond acceptors (Lipinski definition) is 4. The van der Waals surface area contributed by atoms with Gasteiger partial charge in [0, 0.05) is 26.1 Å². The van der Waals surface area contributed by atoms with Crippen LogP contribution in [0.1, 0.15) is 39.1 Å². The van der Waals surface area contributed by atoms with Crippen molar-refractivity contribution in [2.24, 2.45) is 0 Å². The minimum absolute atomic E-state index is 0.0821. The van der Waals surface area contributed by atoms with E-state index >= 15 is 0 Å². The molecule has 1 aromatic rings. The molecule has 102 valence electrons. The van der Waals surface area contributed by atoms with Gasteiger partial charge >= 0.3 is 0 Å². The highest BCUT2D eigenvalue weighted by atomic mass is 32.1. The highest BCUT2D eigenvalue weighted by Gasteiger charge is 2.22. The molecule has 0 bridgehead atoms. The molecular weight excluding hydrogens is 264 g/mol. The Morgan fingerprint density at radius 2 is 2.05 bits per heavy atom. The van der Waals surface area contributed by atoms with Crippen molar-refractivity contribution >= 4 is 29.4 Å². The molecule has 5 nitrogen and oxygen atoms in total. The number of nitrogens with one attached hydrogen (secondary N) is 1. The Bertz CT molecular complexity index is 490. The van der Waals surface area contributed by atoms with Gasteiger partial charge in [-0.05, 0) is 25.0 Å². The molecule has 2 heterocycles. The highest BCUT2D eigenvalue weighted by Crippen LogP contribution is 2.16. The van der Waals surface area contributed by atoms with E-state index in [4.69, 9.17) is 0 Å². The molecule has 0 saturated carbocycles. The molecule has 2 amide bonds. The van der Waals surface area contributed by atoms with Gasteiger partial charge in [-0.3, -0.25) is 14.4 Å². The van der Waals surface area contributed by atoms with E-state index in [0.717, 1.165) is 19.1 Å². The molecule has 6 heteroatoms. The van der Waals surface area contributed by atoms with E-state index in [-0.39, 0.29) is 17.9 Å². The van der Waals surface area contributed by atoms with E-state index in [1.54, 1.807) is 24.0 Å². The second-order valence-corrected chi connectivity index (χ2v) is 5.69. The molecule has 0 aromatic carbocycles. The lowest BCUT2D eigenvalue weighted by atomic mass is 10.0. The van der Waals surface area contributed by atoms with E-state index in [1.807, 2.05) is 0 Å². The first-order valence-corrected chi connectivity index (χ1v) is 7.03. The Labute approximate surface area is 115 Å². The number of amides is 2. The van der Waals surface area contributed by atoms with Crippen LogP contribution in [0.5, 0.6) is 0 Å². The normalized spacial score (nSPS) is 16.2. The lowest BCUT2D eigenvalue weighted by Crippen LogP contribution is -2.45. The van der Waals surface area contributed by atoms with E-state index in [0.29, 0.717) is 22.8 Å². The van der Waals surface area contributed by atoms with Gasteiger partial charge in [0.1, 0.15) is 0 Å². The number of likely N-dealkylation sites (tertiary alicyclic amines) is 1. The number of carbonyl (C=O) groups is 3. The van der Waals surface area contributed by atoms with E-state index in [9.17, 15) is 14.4 Å². The van der Waals surface area contributed by atoms with Crippen LogP contribution in [0, 0.1) is 0 Å². The Morgan fingerprint density at radius 1 is 1.37 bits per heavy atom. The Kier molecular flexibility index (Phi) is 4.31. The average Bonchev–Trinajstić information content (AvgIpc) is 2.88. The average molecular weight is 280 g/mol. The Balaban J connectivity index is 1.87. The first-order chi connectivity index (χ1) is 9.10. The minimum Gasteiger partial charge on any atom is -0.348 e. The van der Waals surface area contributed by atoms with Crippen LogP contribution < -0.4 is 5.32 Å². The number of rotatable bonds is 3. The molecule has 1 aliphatic heterocycles. The Morgan fingerprint density at radius 3 is 2.58 bits per heavy atom. The van der Waals surface area contributed by atoms with Crippen molar-refractivity contribution in [1.29, 1.82) is 0 Å². The summed E-state index contributed by atoms with van der Waals surface area (Å²) in [4.78, 5) is 36.6. The summed E-state index contributed by atoms with van der Waals surface area (Å²) in [6.45, 7) is 2.93. The molecule has 0 unspecified atom stereocenters. The summed E-state index contributed by atoms with van der Waals surface area (Å²) in [6, 6.07) is 3.41.